The molecule has 0 aromatic carbocycles. The van der Waals surface area contributed by atoms with Gasteiger partial charge in [-0.05, 0) is 31.3 Å². The van der Waals surface area contributed by atoms with Gasteiger partial charge in [0, 0.05) is 0 Å². The van der Waals surface area contributed by atoms with Crippen LogP contribution in [0.15, 0.2) is 0 Å². The molecular weight excluding hydrogens is 182 g/mol. The van der Waals surface area contributed by atoms with E-state index in [0.717, 1.165) is 11.8 Å². The van der Waals surface area contributed by atoms with Crippen LogP contribution in [0, 0.1) is 11.8 Å². The largest absolute Gasteiger partial charge is 0.316 e. The molecule has 1 heteroatoms. The monoisotopic (exact) mass is 213 g/mol. The van der Waals surface area contributed by atoms with Crippen LogP contribution >= 0.6 is 0 Å². The summed E-state index contributed by atoms with van der Waals surface area (Å²) in [5.41, 5.74) is 0. The summed E-state index contributed by atoms with van der Waals surface area (Å²) in [6.07, 6.45) is 8.09. The highest BCUT2D eigenvalue weighted by atomic mass is 14.9. The van der Waals surface area contributed by atoms with Gasteiger partial charge in [-0.15, -0.1) is 0 Å². The van der Waals surface area contributed by atoms with E-state index < -0.39 is 0 Å². The smallest absolute Gasteiger partial charge is 0.00205 e. The second kappa shape index (κ2) is 10.5. The fourth-order valence-corrected chi connectivity index (χ4v) is 2.01. The number of unbranched alkanes of at least 4 members (excludes halogenated alkanes) is 1. The predicted octanol–water partition coefficient (Wildman–Crippen LogP) is 4.23. The minimum absolute atomic E-state index is 0.883. The van der Waals surface area contributed by atoms with Crippen LogP contribution in [0.25, 0.3) is 0 Å². The van der Waals surface area contributed by atoms with Crippen molar-refractivity contribution in [3.63, 3.8) is 0 Å². The first kappa shape index (κ1) is 15.0. The van der Waals surface area contributed by atoms with Crippen LogP contribution in [-0.2, 0) is 0 Å². The molecule has 0 rings (SSSR count). The van der Waals surface area contributed by atoms with Gasteiger partial charge >= 0.3 is 0 Å². The van der Waals surface area contributed by atoms with Crippen molar-refractivity contribution in [1.29, 1.82) is 0 Å². The van der Waals surface area contributed by atoms with Gasteiger partial charge in [0.2, 0.25) is 0 Å². The zero-order chi connectivity index (χ0) is 11.5. The maximum Gasteiger partial charge on any atom is -0.00205 e. The lowest BCUT2D eigenvalue weighted by atomic mass is 9.98. The zero-order valence-electron chi connectivity index (χ0n) is 11.3. The Labute approximate surface area is 97.0 Å². The Morgan fingerprint density at radius 1 is 0.800 bits per heavy atom. The summed E-state index contributed by atoms with van der Waals surface area (Å²) in [5, 5.41) is 3.65. The molecule has 0 amide bonds. The van der Waals surface area contributed by atoms with Crippen molar-refractivity contribution in [3.8, 4) is 0 Å². The molecule has 15 heavy (non-hydrogen) atoms. The second-order valence-electron chi connectivity index (χ2n) is 4.76. The van der Waals surface area contributed by atoms with E-state index in [1.54, 1.807) is 0 Å². The Morgan fingerprint density at radius 2 is 1.33 bits per heavy atom. The van der Waals surface area contributed by atoms with Gasteiger partial charge in [0.1, 0.15) is 0 Å². The van der Waals surface area contributed by atoms with Crippen LogP contribution in [0.5, 0.6) is 0 Å². The van der Waals surface area contributed by atoms with Gasteiger partial charge in [0.25, 0.3) is 0 Å². The fraction of sp³-hybridized carbons (Fsp3) is 1.00. The summed E-state index contributed by atoms with van der Waals surface area (Å²) in [6.45, 7) is 11.6. The van der Waals surface area contributed by atoms with Gasteiger partial charge in [0.15, 0.2) is 0 Å². The number of nitrogens with one attached hydrogen (secondary N) is 1. The van der Waals surface area contributed by atoms with E-state index in [9.17, 15) is 0 Å². The molecule has 1 unspecified atom stereocenters. The van der Waals surface area contributed by atoms with E-state index >= 15 is 0 Å². The molecule has 0 aromatic rings. The van der Waals surface area contributed by atoms with Crippen LogP contribution in [0.1, 0.15) is 66.2 Å². The Bertz CT molecular complexity index is 119. The van der Waals surface area contributed by atoms with Gasteiger partial charge in [0.05, 0.1) is 0 Å². The maximum atomic E-state index is 3.65. The SMILES string of the molecule is CCCCC(CC)CNCC(CC)CC. The first-order valence-corrected chi connectivity index (χ1v) is 6.99. The molecule has 0 fully saturated rings. The van der Waals surface area contributed by atoms with Crippen molar-refractivity contribution >= 4 is 0 Å². The summed E-state index contributed by atoms with van der Waals surface area (Å²) < 4.78 is 0. The molecule has 0 aromatic heterocycles. The van der Waals surface area contributed by atoms with Crippen molar-refractivity contribution in [2.75, 3.05) is 13.1 Å². The highest BCUT2D eigenvalue weighted by Gasteiger charge is 2.07. The van der Waals surface area contributed by atoms with Crippen LogP contribution < -0.4 is 5.32 Å². The topological polar surface area (TPSA) is 12.0 Å². The molecule has 0 aliphatic carbocycles. The molecule has 0 aliphatic rings. The molecule has 0 saturated heterocycles. The number of hydrogen-bond donors (Lipinski definition) is 1. The predicted molar refractivity (Wildman–Crippen MR) is 70.2 cm³/mol. The molecule has 0 radical (unpaired) electrons. The van der Waals surface area contributed by atoms with E-state index in [4.69, 9.17) is 0 Å². The summed E-state index contributed by atoms with van der Waals surface area (Å²) >= 11 is 0. The Hall–Kier alpha value is -0.0400. The molecule has 1 nitrogen and oxygen atoms in total. The van der Waals surface area contributed by atoms with Gasteiger partial charge in [-0.2, -0.15) is 0 Å². The Balaban J connectivity index is 3.52. The van der Waals surface area contributed by atoms with Gasteiger partial charge in [-0.1, -0.05) is 59.8 Å². The molecular formula is C14H31N. The lowest BCUT2D eigenvalue weighted by Gasteiger charge is -2.18. The molecule has 0 spiro atoms. The molecule has 0 aliphatic heterocycles. The minimum atomic E-state index is 0.883. The minimum Gasteiger partial charge on any atom is -0.316 e. The van der Waals surface area contributed by atoms with Crippen LogP contribution in [0.3, 0.4) is 0 Å². The molecule has 0 saturated carbocycles. The second-order valence-corrected chi connectivity index (χ2v) is 4.76. The summed E-state index contributed by atoms with van der Waals surface area (Å²) in [5.74, 6) is 1.79. The molecule has 0 heterocycles. The first-order valence-electron chi connectivity index (χ1n) is 6.99. The van der Waals surface area contributed by atoms with Crippen molar-refractivity contribution in [2.45, 2.75) is 66.2 Å². The summed E-state index contributed by atoms with van der Waals surface area (Å²) in [6, 6.07) is 0. The molecule has 92 valence electrons. The van der Waals surface area contributed by atoms with Crippen LogP contribution in [0.2, 0.25) is 0 Å². The fourth-order valence-electron chi connectivity index (χ4n) is 2.01. The van der Waals surface area contributed by atoms with Crippen LogP contribution in [-0.4, -0.2) is 13.1 Å². The van der Waals surface area contributed by atoms with Crippen molar-refractivity contribution < 1.29 is 0 Å². The van der Waals surface area contributed by atoms with E-state index in [1.807, 2.05) is 0 Å². The number of rotatable bonds is 10. The third kappa shape index (κ3) is 7.84. The highest BCUT2D eigenvalue weighted by Crippen LogP contribution is 2.12. The zero-order valence-corrected chi connectivity index (χ0v) is 11.3. The lowest BCUT2D eigenvalue weighted by molar-refractivity contribution is 0.382. The average molecular weight is 213 g/mol. The molecule has 0 bridgehead atoms. The molecule has 1 N–H and O–H groups in total. The number of hydrogen-bond acceptors (Lipinski definition) is 1. The average Bonchev–Trinajstić information content (AvgIpc) is 2.28. The quantitative estimate of drug-likeness (QED) is 0.572. The highest BCUT2D eigenvalue weighted by molar-refractivity contribution is 4.64. The standard InChI is InChI=1S/C14H31N/c1-5-9-10-14(8-4)12-15-11-13(6-2)7-3/h13-15H,5-12H2,1-4H3. The van der Waals surface area contributed by atoms with E-state index in [0.29, 0.717) is 0 Å². The van der Waals surface area contributed by atoms with Gasteiger partial charge in [-0.25, -0.2) is 0 Å². The van der Waals surface area contributed by atoms with E-state index in [2.05, 4.69) is 33.0 Å². The van der Waals surface area contributed by atoms with E-state index in [-0.39, 0.29) is 0 Å². The first-order chi connectivity index (χ1) is 7.28. The van der Waals surface area contributed by atoms with Gasteiger partial charge in [-0.3, -0.25) is 0 Å². The van der Waals surface area contributed by atoms with Crippen LogP contribution in [0.4, 0.5) is 0 Å². The lowest BCUT2D eigenvalue weighted by Crippen LogP contribution is -2.27. The van der Waals surface area contributed by atoms with Gasteiger partial charge < -0.3 is 5.32 Å². The van der Waals surface area contributed by atoms with Crippen molar-refractivity contribution in [3.05, 3.63) is 0 Å². The molecule has 1 atom stereocenters. The maximum absolute atomic E-state index is 3.65. The summed E-state index contributed by atoms with van der Waals surface area (Å²) in [4.78, 5) is 0. The normalized spacial score (nSPS) is 13.4. The summed E-state index contributed by atoms with van der Waals surface area (Å²) in [7, 11) is 0. The van der Waals surface area contributed by atoms with E-state index in [1.165, 1.54) is 51.6 Å². The van der Waals surface area contributed by atoms with Crippen molar-refractivity contribution in [1.82, 2.24) is 5.32 Å². The Kier molecular flexibility index (Phi) is 10.4. The third-order valence-corrected chi connectivity index (χ3v) is 3.56. The third-order valence-electron chi connectivity index (χ3n) is 3.56. The Morgan fingerprint density at radius 3 is 1.80 bits per heavy atom. The van der Waals surface area contributed by atoms with Crippen molar-refractivity contribution in [2.24, 2.45) is 11.8 Å².